The van der Waals surface area contributed by atoms with Gasteiger partial charge in [0.05, 0.1) is 13.2 Å². The van der Waals surface area contributed by atoms with E-state index in [1.165, 1.54) is 16.2 Å². The first-order chi connectivity index (χ1) is 13.1. The van der Waals surface area contributed by atoms with E-state index in [0.29, 0.717) is 17.0 Å². The SMILES string of the molecule is CCCCOC(=O)N=c1sc2c(n1CC(=O)c1ccc(C)cc1)CCCC2. The molecule has 1 amide bonds. The summed E-state index contributed by atoms with van der Waals surface area (Å²) in [6.07, 6.45) is 5.37. The van der Waals surface area contributed by atoms with Crippen molar-refractivity contribution in [3.63, 3.8) is 0 Å². The van der Waals surface area contributed by atoms with Crippen LogP contribution in [0, 0.1) is 6.92 Å². The zero-order chi connectivity index (χ0) is 19.2. The van der Waals surface area contributed by atoms with Crippen LogP contribution in [0.4, 0.5) is 4.79 Å². The maximum Gasteiger partial charge on any atom is 0.436 e. The molecule has 0 bridgehead atoms. The quantitative estimate of drug-likeness (QED) is 0.544. The molecule has 0 N–H and O–H groups in total. The molecular weight excluding hydrogens is 360 g/mol. The number of carbonyl (C=O) groups excluding carboxylic acids is 2. The van der Waals surface area contributed by atoms with E-state index in [9.17, 15) is 9.59 Å². The molecule has 5 nitrogen and oxygen atoms in total. The Bertz CT molecular complexity index is 878. The van der Waals surface area contributed by atoms with E-state index in [1.54, 1.807) is 0 Å². The molecule has 2 aromatic rings. The average molecular weight is 387 g/mol. The van der Waals surface area contributed by atoms with Crippen molar-refractivity contribution in [2.45, 2.75) is 58.9 Å². The Morgan fingerprint density at radius 3 is 2.67 bits per heavy atom. The molecule has 144 valence electrons. The molecule has 1 heterocycles. The first-order valence-corrected chi connectivity index (χ1v) is 10.4. The van der Waals surface area contributed by atoms with Gasteiger partial charge in [0.1, 0.15) is 0 Å². The number of rotatable bonds is 6. The molecule has 0 aliphatic heterocycles. The van der Waals surface area contributed by atoms with Crippen molar-refractivity contribution < 1.29 is 14.3 Å². The van der Waals surface area contributed by atoms with Crippen LogP contribution in [0.1, 0.15) is 59.1 Å². The molecular formula is C21H26N2O3S. The topological polar surface area (TPSA) is 60.7 Å². The second-order valence-electron chi connectivity index (χ2n) is 6.92. The largest absolute Gasteiger partial charge is 0.448 e. The Balaban J connectivity index is 1.88. The predicted octanol–water partition coefficient (Wildman–Crippen LogP) is 4.46. The van der Waals surface area contributed by atoms with Crippen LogP contribution in [-0.4, -0.2) is 23.1 Å². The van der Waals surface area contributed by atoms with Gasteiger partial charge in [-0.2, -0.15) is 0 Å². The number of aromatic nitrogens is 1. The number of nitrogens with zero attached hydrogens (tertiary/aromatic N) is 2. The van der Waals surface area contributed by atoms with Gasteiger partial charge in [-0.1, -0.05) is 43.2 Å². The number of Topliss-reactive ketones (excluding diaryl/α,β-unsaturated/α-hetero) is 1. The van der Waals surface area contributed by atoms with Gasteiger partial charge in [-0.25, -0.2) is 4.79 Å². The van der Waals surface area contributed by atoms with Gasteiger partial charge in [-0.15, -0.1) is 16.3 Å². The number of amides is 1. The molecule has 6 heteroatoms. The van der Waals surface area contributed by atoms with Crippen LogP contribution in [0.3, 0.4) is 0 Å². The lowest BCUT2D eigenvalue weighted by atomic mass is 10.0. The van der Waals surface area contributed by atoms with Crippen molar-refractivity contribution in [2.24, 2.45) is 4.99 Å². The number of carbonyl (C=O) groups is 2. The minimum Gasteiger partial charge on any atom is -0.448 e. The molecule has 0 radical (unpaired) electrons. The summed E-state index contributed by atoms with van der Waals surface area (Å²) < 4.78 is 7.10. The molecule has 1 aromatic carbocycles. The highest BCUT2D eigenvalue weighted by Crippen LogP contribution is 2.24. The van der Waals surface area contributed by atoms with Gasteiger partial charge < -0.3 is 9.30 Å². The Morgan fingerprint density at radius 2 is 1.93 bits per heavy atom. The van der Waals surface area contributed by atoms with E-state index in [2.05, 4.69) is 4.99 Å². The third-order valence-corrected chi connectivity index (χ3v) is 5.93. The summed E-state index contributed by atoms with van der Waals surface area (Å²) in [5, 5.41) is 0. The lowest BCUT2D eigenvalue weighted by Gasteiger charge is -2.14. The fourth-order valence-electron chi connectivity index (χ4n) is 3.17. The van der Waals surface area contributed by atoms with Crippen molar-refractivity contribution in [3.8, 4) is 0 Å². The lowest BCUT2D eigenvalue weighted by molar-refractivity contribution is 0.0969. The third kappa shape index (κ3) is 4.95. The molecule has 1 aliphatic rings. The summed E-state index contributed by atoms with van der Waals surface area (Å²) in [6.45, 7) is 4.63. The summed E-state index contributed by atoms with van der Waals surface area (Å²) in [5.41, 5.74) is 2.95. The van der Waals surface area contributed by atoms with Gasteiger partial charge in [-0.05, 0) is 39.0 Å². The van der Waals surface area contributed by atoms with Crippen LogP contribution in [0.2, 0.25) is 0 Å². The van der Waals surface area contributed by atoms with Crippen molar-refractivity contribution in [1.82, 2.24) is 4.57 Å². The molecule has 1 aliphatic carbocycles. The number of hydrogen-bond donors (Lipinski definition) is 0. The van der Waals surface area contributed by atoms with Crippen LogP contribution in [0.15, 0.2) is 29.3 Å². The Hall–Kier alpha value is -2.21. The van der Waals surface area contributed by atoms with Crippen molar-refractivity contribution in [3.05, 3.63) is 50.8 Å². The minimum absolute atomic E-state index is 0.0296. The lowest BCUT2D eigenvalue weighted by Crippen LogP contribution is -2.24. The second-order valence-corrected chi connectivity index (χ2v) is 7.98. The van der Waals surface area contributed by atoms with Crippen LogP contribution in [0.25, 0.3) is 0 Å². The highest BCUT2D eigenvalue weighted by Gasteiger charge is 2.20. The standard InChI is InChI=1S/C21H26N2O3S/c1-3-4-13-26-21(25)22-20-23(17-7-5-6-8-19(17)27-20)14-18(24)16-11-9-15(2)10-12-16/h9-12H,3-8,13-14H2,1-2H3. The maximum atomic E-state index is 12.8. The highest BCUT2D eigenvalue weighted by molar-refractivity contribution is 7.09. The predicted molar refractivity (Wildman–Crippen MR) is 106 cm³/mol. The van der Waals surface area contributed by atoms with Crippen LogP contribution in [0.5, 0.6) is 0 Å². The van der Waals surface area contributed by atoms with E-state index < -0.39 is 6.09 Å². The summed E-state index contributed by atoms with van der Waals surface area (Å²) in [5.74, 6) is 0.0296. The molecule has 0 spiro atoms. The van der Waals surface area contributed by atoms with Crippen molar-refractivity contribution in [1.29, 1.82) is 0 Å². The Kier molecular flexibility index (Phi) is 6.61. The zero-order valence-corrected chi connectivity index (χ0v) is 16.8. The number of fused-ring (bicyclic) bond motifs is 1. The molecule has 0 saturated heterocycles. The summed E-state index contributed by atoms with van der Waals surface area (Å²) in [4.78, 5) is 30.8. The molecule has 0 fully saturated rings. The molecule has 0 atom stereocenters. The molecule has 3 rings (SSSR count). The smallest absolute Gasteiger partial charge is 0.436 e. The summed E-state index contributed by atoms with van der Waals surface area (Å²) in [7, 11) is 0. The molecule has 0 saturated carbocycles. The first-order valence-electron chi connectivity index (χ1n) is 9.61. The second kappa shape index (κ2) is 9.13. The van der Waals surface area contributed by atoms with Crippen molar-refractivity contribution >= 4 is 23.2 Å². The monoisotopic (exact) mass is 386 g/mol. The van der Waals surface area contributed by atoms with Crippen LogP contribution < -0.4 is 4.80 Å². The first kappa shape index (κ1) is 19.5. The number of unbranched alkanes of at least 4 members (excludes halogenated alkanes) is 1. The van der Waals surface area contributed by atoms with E-state index in [1.807, 2.05) is 42.7 Å². The van der Waals surface area contributed by atoms with E-state index in [-0.39, 0.29) is 12.3 Å². The van der Waals surface area contributed by atoms with Gasteiger partial charge in [0.25, 0.3) is 0 Å². The minimum atomic E-state index is -0.571. The van der Waals surface area contributed by atoms with Gasteiger partial charge in [0.15, 0.2) is 10.6 Å². The average Bonchev–Trinajstić information content (AvgIpc) is 2.99. The summed E-state index contributed by atoms with van der Waals surface area (Å²) in [6, 6.07) is 7.59. The van der Waals surface area contributed by atoms with E-state index >= 15 is 0 Å². The normalized spacial score (nSPS) is 14.1. The van der Waals surface area contributed by atoms with E-state index in [4.69, 9.17) is 4.74 Å². The number of benzene rings is 1. The van der Waals surface area contributed by atoms with Crippen LogP contribution >= 0.6 is 11.3 Å². The van der Waals surface area contributed by atoms with Gasteiger partial charge >= 0.3 is 6.09 Å². The summed E-state index contributed by atoms with van der Waals surface area (Å²) >= 11 is 1.51. The molecule has 1 aromatic heterocycles. The number of hydrogen-bond acceptors (Lipinski definition) is 4. The Morgan fingerprint density at radius 1 is 1.19 bits per heavy atom. The van der Waals surface area contributed by atoms with Crippen LogP contribution in [-0.2, 0) is 24.1 Å². The van der Waals surface area contributed by atoms with Crippen molar-refractivity contribution in [2.75, 3.05) is 6.61 Å². The van der Waals surface area contributed by atoms with Gasteiger partial charge in [0, 0.05) is 16.1 Å². The van der Waals surface area contributed by atoms with E-state index in [0.717, 1.165) is 49.8 Å². The fraction of sp³-hybridized carbons (Fsp3) is 0.476. The third-order valence-electron chi connectivity index (χ3n) is 4.75. The zero-order valence-electron chi connectivity index (χ0n) is 16.0. The number of aryl methyl sites for hydroxylation is 2. The fourth-order valence-corrected chi connectivity index (χ4v) is 4.37. The highest BCUT2D eigenvalue weighted by atomic mass is 32.1. The van der Waals surface area contributed by atoms with Gasteiger partial charge in [0.2, 0.25) is 0 Å². The molecule has 0 unspecified atom stereocenters. The maximum absolute atomic E-state index is 12.8. The Labute approximate surface area is 163 Å². The number of ether oxygens (including phenoxy) is 1. The van der Waals surface area contributed by atoms with Gasteiger partial charge in [-0.3, -0.25) is 4.79 Å². The number of thiazole rings is 1. The molecule has 27 heavy (non-hydrogen) atoms. The number of ketones is 1.